The minimum Gasteiger partial charge on any atom is -0.381 e. The molecular weight excluding hydrogens is 356 g/mol. The minimum absolute atomic E-state index is 0.0527. The Bertz CT molecular complexity index is 715. The van der Waals surface area contributed by atoms with Crippen molar-refractivity contribution in [3.05, 3.63) is 72.3 Å². The average Bonchev–Trinajstić information content (AvgIpc) is 2.70. The van der Waals surface area contributed by atoms with Gasteiger partial charge in [-0.05, 0) is 23.6 Å². The third kappa shape index (κ3) is 6.42. The van der Waals surface area contributed by atoms with Gasteiger partial charge in [-0.2, -0.15) is 0 Å². The number of benzene rings is 2. The first kappa shape index (κ1) is 21.5. The molecule has 3 nitrogen and oxygen atoms in total. The normalized spacial score (nSPS) is 17.3. The zero-order valence-electron chi connectivity index (χ0n) is 16.6. The van der Waals surface area contributed by atoms with Crippen LogP contribution in [0.1, 0.15) is 19.4 Å². The Morgan fingerprint density at radius 2 is 1.52 bits per heavy atom. The van der Waals surface area contributed by atoms with E-state index in [0.717, 1.165) is 10.5 Å². The van der Waals surface area contributed by atoms with E-state index < -0.39 is 10.8 Å². The Morgan fingerprint density at radius 3 is 2.07 bits per heavy atom. The Labute approximate surface area is 165 Å². The van der Waals surface area contributed by atoms with E-state index in [1.807, 2.05) is 48.5 Å². The largest absolute Gasteiger partial charge is 0.381 e. The lowest BCUT2D eigenvalue weighted by Gasteiger charge is -2.31. The van der Waals surface area contributed by atoms with Gasteiger partial charge in [0.05, 0.1) is 23.0 Å². The van der Waals surface area contributed by atoms with E-state index >= 15 is 0 Å². The van der Waals surface area contributed by atoms with Crippen LogP contribution in [0.25, 0.3) is 6.08 Å². The van der Waals surface area contributed by atoms with Gasteiger partial charge in [0.15, 0.2) is 0 Å². The molecule has 0 amide bonds. The molecule has 0 N–H and O–H groups in total. The lowest BCUT2D eigenvalue weighted by atomic mass is 9.89. The van der Waals surface area contributed by atoms with E-state index in [1.165, 1.54) is 0 Å². The SMILES string of the molecule is CO[C@@H]([C@@H](C)[C@@H](/C=C/c1ccccc1)OC)[C@H](C)CS(=O)c1ccccc1. The summed E-state index contributed by atoms with van der Waals surface area (Å²) in [5.74, 6) is 0.822. The highest BCUT2D eigenvalue weighted by Gasteiger charge is 2.30. The molecule has 0 aliphatic rings. The van der Waals surface area contributed by atoms with Gasteiger partial charge < -0.3 is 9.47 Å². The first-order valence-corrected chi connectivity index (χ1v) is 10.6. The molecule has 2 aromatic carbocycles. The summed E-state index contributed by atoms with van der Waals surface area (Å²) in [6, 6.07) is 19.8. The van der Waals surface area contributed by atoms with E-state index in [0.29, 0.717) is 5.75 Å². The van der Waals surface area contributed by atoms with Gasteiger partial charge in [-0.15, -0.1) is 0 Å². The van der Waals surface area contributed by atoms with Crippen LogP contribution in [0.3, 0.4) is 0 Å². The van der Waals surface area contributed by atoms with Crippen molar-refractivity contribution >= 4 is 16.9 Å². The topological polar surface area (TPSA) is 35.5 Å². The average molecular weight is 387 g/mol. The summed E-state index contributed by atoms with van der Waals surface area (Å²) in [5, 5.41) is 0. The van der Waals surface area contributed by atoms with Crippen LogP contribution in [-0.4, -0.2) is 36.4 Å². The monoisotopic (exact) mass is 386 g/mol. The van der Waals surface area contributed by atoms with Gasteiger partial charge in [-0.1, -0.05) is 74.5 Å². The Morgan fingerprint density at radius 1 is 0.926 bits per heavy atom. The fourth-order valence-electron chi connectivity index (χ4n) is 3.39. The van der Waals surface area contributed by atoms with Crippen LogP contribution < -0.4 is 0 Å². The second kappa shape index (κ2) is 11.2. The summed E-state index contributed by atoms with van der Waals surface area (Å²) < 4.78 is 24.2. The Balaban J connectivity index is 2.04. The molecule has 0 saturated carbocycles. The number of hydrogen-bond donors (Lipinski definition) is 0. The van der Waals surface area contributed by atoms with Gasteiger partial charge >= 0.3 is 0 Å². The molecule has 0 heterocycles. The zero-order chi connectivity index (χ0) is 19.6. The fraction of sp³-hybridized carbons (Fsp3) is 0.391. The third-order valence-corrected chi connectivity index (χ3v) is 6.47. The molecule has 2 rings (SSSR count). The molecule has 5 atom stereocenters. The molecule has 2 aromatic rings. The molecule has 0 bridgehead atoms. The molecule has 4 heteroatoms. The molecule has 0 aliphatic carbocycles. The molecule has 0 aromatic heterocycles. The highest BCUT2D eigenvalue weighted by Crippen LogP contribution is 2.24. The van der Waals surface area contributed by atoms with Crippen molar-refractivity contribution in [3.63, 3.8) is 0 Å². The van der Waals surface area contributed by atoms with Crippen molar-refractivity contribution in [2.45, 2.75) is 31.0 Å². The molecule has 146 valence electrons. The van der Waals surface area contributed by atoms with Crippen LogP contribution in [0, 0.1) is 11.8 Å². The minimum atomic E-state index is -1.04. The van der Waals surface area contributed by atoms with Crippen molar-refractivity contribution in [3.8, 4) is 0 Å². The lowest BCUT2D eigenvalue weighted by molar-refractivity contribution is -0.0276. The van der Waals surface area contributed by atoms with Crippen LogP contribution in [-0.2, 0) is 20.3 Å². The predicted molar refractivity (Wildman–Crippen MR) is 113 cm³/mol. The number of methoxy groups -OCH3 is 2. The lowest BCUT2D eigenvalue weighted by Crippen LogP contribution is -2.37. The first-order chi connectivity index (χ1) is 13.1. The Kier molecular flexibility index (Phi) is 8.92. The standard InChI is InChI=1S/C23H30O3S/c1-18(17-27(24)21-13-9-6-10-14-21)23(26-4)19(2)22(25-3)16-15-20-11-7-5-8-12-20/h5-16,18-19,22-23H,17H2,1-4H3/b16-15+/t18-,19+,22-,23-,27?/m1/s1. The molecule has 1 unspecified atom stereocenters. The molecule has 0 saturated heterocycles. The first-order valence-electron chi connectivity index (χ1n) is 9.29. The maximum Gasteiger partial charge on any atom is 0.0805 e. The highest BCUT2D eigenvalue weighted by atomic mass is 32.2. The number of ether oxygens (including phenoxy) is 2. The summed E-state index contributed by atoms with van der Waals surface area (Å²) in [5.41, 5.74) is 1.14. The Hall–Kier alpha value is -1.75. The van der Waals surface area contributed by atoms with E-state index in [-0.39, 0.29) is 24.0 Å². The van der Waals surface area contributed by atoms with Gasteiger partial charge in [-0.25, -0.2) is 0 Å². The van der Waals surface area contributed by atoms with Crippen LogP contribution in [0.5, 0.6) is 0 Å². The summed E-state index contributed by atoms with van der Waals surface area (Å²) >= 11 is 0. The zero-order valence-corrected chi connectivity index (χ0v) is 17.4. The van der Waals surface area contributed by atoms with Crippen LogP contribution in [0.2, 0.25) is 0 Å². The maximum absolute atomic E-state index is 12.7. The van der Waals surface area contributed by atoms with Crippen molar-refractivity contribution in [1.82, 2.24) is 0 Å². The van der Waals surface area contributed by atoms with Gasteiger partial charge in [0.2, 0.25) is 0 Å². The van der Waals surface area contributed by atoms with Crippen molar-refractivity contribution in [2.75, 3.05) is 20.0 Å². The van der Waals surface area contributed by atoms with E-state index in [1.54, 1.807) is 14.2 Å². The second-order valence-corrected chi connectivity index (χ2v) is 8.33. The van der Waals surface area contributed by atoms with E-state index in [4.69, 9.17) is 9.47 Å². The molecular formula is C23H30O3S. The van der Waals surface area contributed by atoms with Gasteiger partial charge in [0, 0.05) is 30.8 Å². The quantitative estimate of drug-likeness (QED) is 0.588. The summed E-state index contributed by atoms with van der Waals surface area (Å²) in [4.78, 5) is 0.860. The number of hydrogen-bond acceptors (Lipinski definition) is 3. The fourth-order valence-corrected chi connectivity index (χ4v) is 4.71. The molecule has 0 radical (unpaired) electrons. The molecule has 27 heavy (non-hydrogen) atoms. The van der Waals surface area contributed by atoms with Gasteiger partial charge in [-0.3, -0.25) is 4.21 Å². The van der Waals surface area contributed by atoms with Crippen LogP contribution >= 0.6 is 0 Å². The van der Waals surface area contributed by atoms with E-state index in [2.05, 4.69) is 38.1 Å². The maximum atomic E-state index is 12.7. The molecule has 0 fully saturated rings. The summed E-state index contributed by atoms with van der Waals surface area (Å²) in [7, 11) is 2.40. The van der Waals surface area contributed by atoms with Crippen LogP contribution in [0.15, 0.2) is 71.6 Å². The van der Waals surface area contributed by atoms with Crippen molar-refractivity contribution < 1.29 is 13.7 Å². The van der Waals surface area contributed by atoms with Gasteiger partial charge in [0.25, 0.3) is 0 Å². The highest BCUT2D eigenvalue weighted by molar-refractivity contribution is 7.85. The van der Waals surface area contributed by atoms with Crippen LogP contribution in [0.4, 0.5) is 0 Å². The van der Waals surface area contributed by atoms with Crippen molar-refractivity contribution in [1.29, 1.82) is 0 Å². The number of rotatable bonds is 10. The van der Waals surface area contributed by atoms with Crippen molar-refractivity contribution in [2.24, 2.45) is 11.8 Å². The predicted octanol–water partition coefficient (Wildman–Crippen LogP) is 4.81. The summed E-state index contributed by atoms with van der Waals surface area (Å²) in [6.07, 6.45) is 4.02. The van der Waals surface area contributed by atoms with E-state index in [9.17, 15) is 4.21 Å². The second-order valence-electron chi connectivity index (χ2n) is 6.83. The molecule has 0 aliphatic heterocycles. The van der Waals surface area contributed by atoms with Gasteiger partial charge in [0.1, 0.15) is 0 Å². The third-order valence-electron chi connectivity index (χ3n) is 4.84. The molecule has 0 spiro atoms. The smallest absolute Gasteiger partial charge is 0.0805 e. The summed E-state index contributed by atoms with van der Waals surface area (Å²) in [6.45, 7) is 4.22.